The lowest BCUT2D eigenvalue weighted by molar-refractivity contribution is 0.0982. The molecule has 1 aromatic heterocycles. The summed E-state index contributed by atoms with van der Waals surface area (Å²) in [5, 5.41) is 0. The van der Waals surface area contributed by atoms with E-state index in [1.807, 2.05) is 13.8 Å². The van der Waals surface area contributed by atoms with Crippen LogP contribution in [0, 0.1) is 20.8 Å². The molecule has 2 rings (SSSR count). The molecule has 0 saturated carbocycles. The molecule has 2 aromatic rings. The fraction of sp³-hybridized carbons (Fsp3) is 0.267. The Labute approximate surface area is 107 Å². The van der Waals surface area contributed by atoms with Crippen LogP contribution in [0.15, 0.2) is 30.6 Å². The maximum Gasteiger partial charge on any atom is 0.204 e. The highest BCUT2D eigenvalue weighted by molar-refractivity contribution is 5.94. The minimum absolute atomic E-state index is 0.0364. The van der Waals surface area contributed by atoms with Crippen LogP contribution in [-0.4, -0.2) is 15.8 Å². The summed E-state index contributed by atoms with van der Waals surface area (Å²) >= 11 is 0. The smallest absolute Gasteiger partial charge is 0.204 e. The fourth-order valence-electron chi connectivity index (χ4n) is 2.17. The topological polar surface area (TPSA) is 42.9 Å². The first-order valence-electron chi connectivity index (χ1n) is 5.95. The molecule has 3 nitrogen and oxygen atoms in total. The van der Waals surface area contributed by atoms with Crippen molar-refractivity contribution in [3.63, 3.8) is 0 Å². The summed E-state index contributed by atoms with van der Waals surface area (Å²) in [6.45, 7) is 6.13. The fourth-order valence-corrected chi connectivity index (χ4v) is 2.17. The van der Waals surface area contributed by atoms with Crippen molar-refractivity contribution in [2.75, 3.05) is 0 Å². The van der Waals surface area contributed by atoms with Crippen LogP contribution in [0.2, 0.25) is 0 Å². The summed E-state index contributed by atoms with van der Waals surface area (Å²) < 4.78 is 0. The monoisotopic (exact) mass is 240 g/mol. The molecule has 0 spiro atoms. The van der Waals surface area contributed by atoms with Gasteiger partial charge in [0.15, 0.2) is 5.82 Å². The molecule has 0 saturated heterocycles. The summed E-state index contributed by atoms with van der Waals surface area (Å²) in [5.41, 5.74) is 4.60. The molecule has 0 bridgehead atoms. The maximum absolute atomic E-state index is 12.1. The van der Waals surface area contributed by atoms with Gasteiger partial charge in [0.2, 0.25) is 5.78 Å². The molecule has 0 radical (unpaired) electrons. The van der Waals surface area contributed by atoms with Gasteiger partial charge >= 0.3 is 0 Å². The third-order valence-electron chi connectivity index (χ3n) is 2.99. The largest absolute Gasteiger partial charge is 0.290 e. The average Bonchev–Trinajstić information content (AvgIpc) is 2.34. The number of ketones is 1. The van der Waals surface area contributed by atoms with Gasteiger partial charge in [0, 0.05) is 18.8 Å². The normalized spacial score (nSPS) is 10.4. The lowest BCUT2D eigenvalue weighted by Crippen LogP contribution is -2.10. The van der Waals surface area contributed by atoms with E-state index in [-0.39, 0.29) is 11.6 Å². The van der Waals surface area contributed by atoms with Crippen LogP contribution in [0.25, 0.3) is 0 Å². The Bertz CT molecular complexity index is 553. The second-order valence-electron chi connectivity index (χ2n) is 4.55. The van der Waals surface area contributed by atoms with E-state index in [1.54, 1.807) is 18.5 Å². The van der Waals surface area contributed by atoms with E-state index in [0.29, 0.717) is 6.42 Å². The van der Waals surface area contributed by atoms with Gasteiger partial charge in [0.1, 0.15) is 0 Å². The molecule has 0 amide bonds. The van der Waals surface area contributed by atoms with Gasteiger partial charge in [-0.15, -0.1) is 0 Å². The van der Waals surface area contributed by atoms with Gasteiger partial charge in [-0.3, -0.25) is 4.79 Å². The molecule has 0 fully saturated rings. The van der Waals surface area contributed by atoms with E-state index in [0.717, 1.165) is 16.7 Å². The Kier molecular flexibility index (Phi) is 3.51. The van der Waals surface area contributed by atoms with Crippen molar-refractivity contribution in [1.29, 1.82) is 0 Å². The zero-order valence-electron chi connectivity index (χ0n) is 10.9. The van der Waals surface area contributed by atoms with Gasteiger partial charge < -0.3 is 0 Å². The quantitative estimate of drug-likeness (QED) is 0.775. The summed E-state index contributed by atoms with van der Waals surface area (Å²) in [5.74, 6) is 0.252. The zero-order chi connectivity index (χ0) is 13.1. The standard InChI is InChI=1S/C15H16N2O/c1-10-7-11(2)13(12(3)8-10)9-14(18)15-16-5-4-6-17-15/h4-8H,9H2,1-3H3. The minimum atomic E-state index is -0.0364. The molecule has 0 aliphatic heterocycles. The number of benzene rings is 1. The molecular formula is C15H16N2O. The van der Waals surface area contributed by atoms with E-state index in [2.05, 4.69) is 29.0 Å². The molecule has 0 N–H and O–H groups in total. The van der Waals surface area contributed by atoms with Gasteiger partial charge in [0.05, 0.1) is 0 Å². The highest BCUT2D eigenvalue weighted by Crippen LogP contribution is 2.17. The van der Waals surface area contributed by atoms with Crippen molar-refractivity contribution in [2.45, 2.75) is 27.2 Å². The van der Waals surface area contributed by atoms with Crippen LogP contribution >= 0.6 is 0 Å². The van der Waals surface area contributed by atoms with Gasteiger partial charge in [-0.1, -0.05) is 17.7 Å². The molecule has 1 aromatic carbocycles. The lowest BCUT2D eigenvalue weighted by Gasteiger charge is -2.10. The third-order valence-corrected chi connectivity index (χ3v) is 2.99. The highest BCUT2D eigenvalue weighted by atomic mass is 16.1. The predicted molar refractivity (Wildman–Crippen MR) is 70.7 cm³/mol. The molecule has 0 unspecified atom stereocenters. The zero-order valence-corrected chi connectivity index (χ0v) is 10.9. The van der Waals surface area contributed by atoms with Crippen LogP contribution in [0.5, 0.6) is 0 Å². The second-order valence-corrected chi connectivity index (χ2v) is 4.55. The molecule has 0 atom stereocenters. The molecule has 0 aliphatic rings. The van der Waals surface area contributed by atoms with Gasteiger partial charge in [-0.05, 0) is 43.5 Å². The number of aromatic nitrogens is 2. The van der Waals surface area contributed by atoms with Crippen LogP contribution < -0.4 is 0 Å². The number of carbonyl (C=O) groups is 1. The van der Waals surface area contributed by atoms with Crippen molar-refractivity contribution in [3.05, 3.63) is 58.7 Å². The molecule has 1 heterocycles. The number of aryl methyl sites for hydroxylation is 3. The van der Waals surface area contributed by atoms with E-state index in [1.165, 1.54) is 5.56 Å². The molecule has 3 heteroatoms. The number of Topliss-reactive ketones (excluding diaryl/α,β-unsaturated/α-hetero) is 1. The highest BCUT2D eigenvalue weighted by Gasteiger charge is 2.13. The lowest BCUT2D eigenvalue weighted by atomic mass is 9.95. The molecule has 0 aliphatic carbocycles. The third kappa shape index (κ3) is 2.62. The van der Waals surface area contributed by atoms with E-state index < -0.39 is 0 Å². The Hall–Kier alpha value is -2.03. The second kappa shape index (κ2) is 5.08. The molecule has 92 valence electrons. The van der Waals surface area contributed by atoms with E-state index in [9.17, 15) is 4.79 Å². The molecule has 18 heavy (non-hydrogen) atoms. The van der Waals surface area contributed by atoms with Gasteiger partial charge in [-0.2, -0.15) is 0 Å². The number of rotatable bonds is 3. The van der Waals surface area contributed by atoms with Crippen LogP contribution in [0.4, 0.5) is 0 Å². The molecular weight excluding hydrogens is 224 g/mol. The SMILES string of the molecule is Cc1cc(C)c(CC(=O)c2ncccn2)c(C)c1. The summed E-state index contributed by atoms with van der Waals surface area (Å²) in [6, 6.07) is 5.90. The maximum atomic E-state index is 12.1. The predicted octanol–water partition coefficient (Wildman–Crippen LogP) is 2.83. The Morgan fingerprint density at radius 2 is 1.61 bits per heavy atom. The van der Waals surface area contributed by atoms with Gasteiger partial charge in [-0.25, -0.2) is 9.97 Å². The number of carbonyl (C=O) groups excluding carboxylic acids is 1. The summed E-state index contributed by atoms with van der Waals surface area (Å²) in [7, 11) is 0. The number of nitrogens with zero attached hydrogens (tertiary/aromatic N) is 2. The Morgan fingerprint density at radius 3 is 2.17 bits per heavy atom. The van der Waals surface area contributed by atoms with Crippen LogP contribution in [-0.2, 0) is 6.42 Å². The first-order chi connectivity index (χ1) is 8.58. The van der Waals surface area contributed by atoms with Crippen molar-refractivity contribution in [2.24, 2.45) is 0 Å². The van der Waals surface area contributed by atoms with Gasteiger partial charge in [0.25, 0.3) is 0 Å². The Balaban J connectivity index is 2.28. The van der Waals surface area contributed by atoms with Crippen molar-refractivity contribution >= 4 is 5.78 Å². The van der Waals surface area contributed by atoms with E-state index in [4.69, 9.17) is 0 Å². The van der Waals surface area contributed by atoms with Crippen molar-refractivity contribution < 1.29 is 4.79 Å². The van der Waals surface area contributed by atoms with E-state index >= 15 is 0 Å². The van der Waals surface area contributed by atoms with Crippen molar-refractivity contribution in [1.82, 2.24) is 9.97 Å². The first kappa shape index (κ1) is 12.4. The average molecular weight is 240 g/mol. The van der Waals surface area contributed by atoms with Crippen molar-refractivity contribution in [3.8, 4) is 0 Å². The van der Waals surface area contributed by atoms with Crippen LogP contribution in [0.3, 0.4) is 0 Å². The first-order valence-corrected chi connectivity index (χ1v) is 5.95. The minimum Gasteiger partial charge on any atom is -0.290 e. The number of hydrogen-bond acceptors (Lipinski definition) is 3. The summed E-state index contributed by atoms with van der Waals surface area (Å²) in [4.78, 5) is 20.1. The van der Waals surface area contributed by atoms with Crippen LogP contribution in [0.1, 0.15) is 32.9 Å². The summed E-state index contributed by atoms with van der Waals surface area (Å²) in [6.07, 6.45) is 3.55. The number of hydrogen-bond donors (Lipinski definition) is 0. The Morgan fingerprint density at radius 1 is 1.06 bits per heavy atom.